The third-order valence-electron chi connectivity index (χ3n) is 8.48. The van der Waals surface area contributed by atoms with Gasteiger partial charge in [0, 0.05) is 23.1 Å². The second kappa shape index (κ2) is 12.6. The van der Waals surface area contributed by atoms with Crippen molar-refractivity contribution in [2.45, 2.75) is 76.6 Å². The van der Waals surface area contributed by atoms with E-state index in [1.165, 1.54) is 6.07 Å². The number of aromatic nitrogens is 3. The molecule has 5 rings (SSSR count). The third-order valence-corrected chi connectivity index (χ3v) is 9.73. The summed E-state index contributed by atoms with van der Waals surface area (Å²) in [5.41, 5.74) is 3.04. The van der Waals surface area contributed by atoms with Gasteiger partial charge in [0.05, 0.1) is 23.6 Å². The number of para-hydroxylation sites is 1. The van der Waals surface area contributed by atoms with E-state index in [2.05, 4.69) is 10.3 Å². The van der Waals surface area contributed by atoms with Gasteiger partial charge in [-0.1, -0.05) is 42.5 Å². The molecule has 0 saturated heterocycles. The molecule has 6 nitrogen and oxygen atoms in total. The molecule has 4 atom stereocenters. The molecule has 3 aromatic carbocycles. The average molecular weight is 612 g/mol. The van der Waals surface area contributed by atoms with E-state index in [1.54, 1.807) is 22.5 Å². The van der Waals surface area contributed by atoms with Crippen molar-refractivity contribution in [1.82, 2.24) is 15.0 Å². The Kier molecular flexibility index (Phi) is 9.06. The third kappa shape index (κ3) is 6.69. The number of rotatable bonds is 8. The van der Waals surface area contributed by atoms with Crippen LogP contribution in [0.2, 0.25) is 0 Å². The van der Waals surface area contributed by atoms with Gasteiger partial charge in [-0.05, 0) is 92.0 Å². The molecule has 10 heteroatoms. The fourth-order valence-corrected chi connectivity index (χ4v) is 7.48. The molecule has 1 aromatic heterocycles. The zero-order chi connectivity index (χ0) is 30.9. The lowest BCUT2D eigenvalue weighted by atomic mass is 9.81. The summed E-state index contributed by atoms with van der Waals surface area (Å²) in [5.74, 6) is -0.0109. The second-order valence-electron chi connectivity index (χ2n) is 11.5. The summed E-state index contributed by atoms with van der Waals surface area (Å²) in [6, 6.07) is 15.7. The summed E-state index contributed by atoms with van der Waals surface area (Å²) in [6.07, 6.45) is -3.93. The van der Waals surface area contributed by atoms with Crippen LogP contribution in [0.5, 0.6) is 5.75 Å². The zero-order valence-electron chi connectivity index (χ0n) is 24.7. The van der Waals surface area contributed by atoms with Crippen LogP contribution < -0.4 is 4.74 Å². The number of aryl methyl sites for hydroxylation is 2. The summed E-state index contributed by atoms with van der Waals surface area (Å²) >= 11 is 1.67. The van der Waals surface area contributed by atoms with Crippen LogP contribution in [0.4, 0.5) is 13.2 Å². The molecule has 43 heavy (non-hydrogen) atoms. The molecule has 2 heterocycles. The van der Waals surface area contributed by atoms with Crippen LogP contribution in [0.3, 0.4) is 0 Å². The molecule has 0 aliphatic carbocycles. The predicted molar refractivity (Wildman–Crippen MR) is 162 cm³/mol. The number of hydrogen-bond donors (Lipinski definition) is 1. The zero-order valence-corrected chi connectivity index (χ0v) is 25.5. The smallest absolute Gasteiger partial charge is 0.416 e. The number of carbonyl (C=O) groups is 1. The van der Waals surface area contributed by atoms with Gasteiger partial charge in [0.1, 0.15) is 11.3 Å². The quantitative estimate of drug-likeness (QED) is 0.217. The molecule has 0 fully saturated rings. The van der Waals surface area contributed by atoms with Crippen LogP contribution in [0.15, 0.2) is 59.5 Å². The molecule has 0 bridgehead atoms. The van der Waals surface area contributed by atoms with Crippen molar-refractivity contribution in [3.05, 3.63) is 82.4 Å². The molecule has 0 saturated carbocycles. The maximum absolute atomic E-state index is 14.3. The highest BCUT2D eigenvalue weighted by atomic mass is 32.2. The highest BCUT2D eigenvalue weighted by molar-refractivity contribution is 7.99. The maximum Gasteiger partial charge on any atom is 0.416 e. The first kappa shape index (κ1) is 30.9. The first-order chi connectivity index (χ1) is 20.5. The lowest BCUT2D eigenvalue weighted by Gasteiger charge is -2.31. The monoisotopic (exact) mass is 611 g/mol. The Morgan fingerprint density at radius 2 is 1.95 bits per heavy atom. The molecule has 0 radical (unpaired) electrons. The topological polar surface area (TPSA) is 77.2 Å². The Morgan fingerprint density at radius 1 is 1.19 bits per heavy atom. The van der Waals surface area contributed by atoms with Crippen LogP contribution in [-0.4, -0.2) is 37.9 Å². The minimum absolute atomic E-state index is 0.0692. The first-order valence-electron chi connectivity index (χ1n) is 14.6. The van der Waals surface area contributed by atoms with Gasteiger partial charge in [-0.25, -0.2) is 4.68 Å². The molecular weight excluding hydrogens is 575 g/mol. The van der Waals surface area contributed by atoms with Crippen LogP contribution in [0, 0.1) is 18.8 Å². The van der Waals surface area contributed by atoms with Gasteiger partial charge in [0.2, 0.25) is 0 Å². The molecule has 1 aliphatic rings. The first-order valence-corrected chi connectivity index (χ1v) is 15.6. The van der Waals surface area contributed by atoms with Gasteiger partial charge >= 0.3 is 12.1 Å². The highest BCUT2D eigenvalue weighted by Gasteiger charge is 2.35. The van der Waals surface area contributed by atoms with E-state index in [0.29, 0.717) is 17.6 Å². The van der Waals surface area contributed by atoms with E-state index >= 15 is 0 Å². The van der Waals surface area contributed by atoms with Gasteiger partial charge in [-0.15, -0.1) is 16.9 Å². The SMILES string of the molecule is CCn1nnc2c(C)c(C(CC(=O)O)c3ccc(C(F)(F)F)c(CC(C)C4CSc5ccccc5OC(C)C4)c3)ccc21. The number of alkyl halides is 3. The summed E-state index contributed by atoms with van der Waals surface area (Å²) < 4.78 is 50.8. The molecule has 1 N–H and O–H groups in total. The molecule has 4 unspecified atom stereocenters. The van der Waals surface area contributed by atoms with E-state index in [4.69, 9.17) is 4.74 Å². The lowest BCUT2D eigenvalue weighted by Crippen LogP contribution is -2.27. The number of aliphatic carboxylic acids is 1. The van der Waals surface area contributed by atoms with Crippen LogP contribution in [-0.2, 0) is 23.9 Å². The summed E-state index contributed by atoms with van der Waals surface area (Å²) in [7, 11) is 0. The highest BCUT2D eigenvalue weighted by Crippen LogP contribution is 2.41. The molecule has 0 amide bonds. The van der Waals surface area contributed by atoms with Gasteiger partial charge in [0.15, 0.2) is 0 Å². The van der Waals surface area contributed by atoms with Crippen LogP contribution >= 0.6 is 11.8 Å². The minimum Gasteiger partial charge on any atom is -0.490 e. The number of thioether (sulfide) groups is 1. The van der Waals surface area contributed by atoms with Crippen molar-refractivity contribution in [1.29, 1.82) is 0 Å². The van der Waals surface area contributed by atoms with E-state index in [-0.39, 0.29) is 36.3 Å². The molecular formula is C33H36F3N3O3S. The fourth-order valence-electron chi connectivity index (χ4n) is 6.18. The van der Waals surface area contributed by atoms with E-state index < -0.39 is 23.6 Å². The fraction of sp³-hybridized carbons (Fsp3) is 0.424. The normalized spacial score (nSPS) is 18.8. The van der Waals surface area contributed by atoms with E-state index in [9.17, 15) is 23.1 Å². The van der Waals surface area contributed by atoms with Gasteiger partial charge in [0.25, 0.3) is 0 Å². The molecule has 0 spiro atoms. The van der Waals surface area contributed by atoms with Crippen molar-refractivity contribution in [2.75, 3.05) is 5.75 Å². The molecule has 228 valence electrons. The Bertz CT molecular complexity index is 1620. The van der Waals surface area contributed by atoms with Crippen molar-refractivity contribution in [2.24, 2.45) is 11.8 Å². The standard InChI is InChI=1S/C33H36F3N3O3S/c1-5-39-28-13-11-25(21(4)32(28)37-38-39)26(17-31(40)41)22-10-12-27(33(34,35)36)23(16-22)14-19(2)24-15-20(3)42-29-8-6-7-9-30(29)43-18-24/h6-13,16,19-20,24,26H,5,14-15,17-18H2,1-4H3,(H,40,41). The number of benzene rings is 3. The van der Waals surface area contributed by atoms with Gasteiger partial charge in [-0.3, -0.25) is 4.79 Å². The van der Waals surface area contributed by atoms with Gasteiger partial charge < -0.3 is 9.84 Å². The average Bonchev–Trinajstić information content (AvgIpc) is 3.37. The largest absolute Gasteiger partial charge is 0.490 e. The Morgan fingerprint density at radius 3 is 2.67 bits per heavy atom. The van der Waals surface area contributed by atoms with E-state index in [1.807, 2.05) is 64.1 Å². The maximum atomic E-state index is 14.3. The van der Waals surface area contributed by atoms with Crippen molar-refractivity contribution in [3.63, 3.8) is 0 Å². The van der Waals surface area contributed by atoms with E-state index in [0.717, 1.165) is 45.5 Å². The van der Waals surface area contributed by atoms with Crippen molar-refractivity contribution < 1.29 is 27.8 Å². The predicted octanol–water partition coefficient (Wildman–Crippen LogP) is 8.14. The Balaban J connectivity index is 1.50. The number of carboxylic acid groups (broad SMARTS) is 1. The van der Waals surface area contributed by atoms with Crippen molar-refractivity contribution in [3.8, 4) is 5.75 Å². The number of ether oxygens (including phenoxy) is 1. The second-order valence-corrected chi connectivity index (χ2v) is 12.5. The number of halogens is 3. The Hall–Kier alpha value is -3.53. The molecule has 1 aliphatic heterocycles. The Labute approximate surface area is 253 Å². The number of nitrogens with zero attached hydrogens (tertiary/aromatic N) is 3. The number of hydrogen-bond acceptors (Lipinski definition) is 5. The lowest BCUT2D eigenvalue weighted by molar-refractivity contribution is -0.139. The van der Waals surface area contributed by atoms with Gasteiger partial charge in [-0.2, -0.15) is 13.2 Å². The minimum atomic E-state index is -4.53. The summed E-state index contributed by atoms with van der Waals surface area (Å²) in [4.78, 5) is 13.1. The van der Waals surface area contributed by atoms with Crippen LogP contribution in [0.25, 0.3) is 11.0 Å². The number of fused-ring (bicyclic) bond motifs is 2. The number of carboxylic acids is 1. The molecule has 4 aromatic rings. The summed E-state index contributed by atoms with van der Waals surface area (Å²) in [6.45, 7) is 8.45. The van der Waals surface area contributed by atoms with Crippen molar-refractivity contribution >= 4 is 28.8 Å². The van der Waals surface area contributed by atoms with Crippen LogP contribution in [0.1, 0.15) is 67.3 Å². The summed E-state index contributed by atoms with van der Waals surface area (Å²) in [5, 5.41) is 18.3.